The van der Waals surface area contributed by atoms with Crippen molar-refractivity contribution in [2.24, 2.45) is 0 Å². The van der Waals surface area contributed by atoms with E-state index in [-0.39, 0.29) is 0 Å². The van der Waals surface area contributed by atoms with Crippen molar-refractivity contribution in [3.63, 3.8) is 0 Å². The molecule has 0 saturated carbocycles. The molecule has 0 unspecified atom stereocenters. The van der Waals surface area contributed by atoms with Gasteiger partial charge in [-0.1, -0.05) is 48.0 Å². The van der Waals surface area contributed by atoms with Gasteiger partial charge in [0.25, 0.3) is 0 Å². The Balaban J connectivity index is 1.90. The highest BCUT2D eigenvalue weighted by Crippen LogP contribution is 2.25. The Hall–Kier alpha value is -2.82. The normalized spacial score (nSPS) is 10.6. The molecule has 1 heterocycles. The smallest absolute Gasteiger partial charge is 0.204 e. The Kier molecular flexibility index (Phi) is 4.05. The van der Waals surface area contributed by atoms with Crippen molar-refractivity contribution in [2.45, 2.75) is 19.8 Å². The predicted molar refractivity (Wildman–Crippen MR) is 84.2 cm³/mol. The molecule has 0 saturated heterocycles. The van der Waals surface area contributed by atoms with Gasteiger partial charge in [-0.3, -0.25) is 0 Å². The number of tetrazole rings is 1. The maximum absolute atomic E-state index is 10.5. The van der Waals surface area contributed by atoms with E-state index in [1.54, 1.807) is 0 Å². The average Bonchev–Trinajstić information content (AvgIpc) is 3.07. The predicted octanol–water partition coefficient (Wildman–Crippen LogP) is 2.97. The summed E-state index contributed by atoms with van der Waals surface area (Å²) in [7, 11) is 0. The number of aromatic amines is 1. The van der Waals surface area contributed by atoms with Gasteiger partial charge >= 0.3 is 0 Å². The highest BCUT2D eigenvalue weighted by atomic mass is 16.1. The average molecular weight is 292 g/mol. The molecule has 2 aromatic carbocycles. The van der Waals surface area contributed by atoms with Crippen molar-refractivity contribution in [1.82, 2.24) is 20.6 Å². The van der Waals surface area contributed by atoms with E-state index in [0.717, 1.165) is 29.4 Å². The number of nitrogens with one attached hydrogen (secondary N) is 1. The van der Waals surface area contributed by atoms with Crippen LogP contribution in [0.5, 0.6) is 0 Å². The minimum absolute atomic E-state index is 0.555. The maximum Gasteiger partial charge on any atom is 0.204 e. The molecule has 0 spiro atoms. The first kappa shape index (κ1) is 14.1. The zero-order chi connectivity index (χ0) is 15.4. The lowest BCUT2D eigenvalue weighted by atomic mass is 9.97. The number of H-pyrrole nitrogens is 1. The summed E-state index contributed by atoms with van der Waals surface area (Å²) in [6, 6.07) is 14.5. The summed E-state index contributed by atoms with van der Waals surface area (Å²) in [5.41, 5.74) is 5.58. The van der Waals surface area contributed by atoms with E-state index in [9.17, 15) is 4.79 Å². The van der Waals surface area contributed by atoms with Crippen molar-refractivity contribution in [3.8, 4) is 22.5 Å². The molecule has 3 rings (SSSR count). The number of aromatic nitrogens is 4. The monoisotopic (exact) mass is 292 g/mol. The van der Waals surface area contributed by atoms with E-state index >= 15 is 0 Å². The molecule has 0 aliphatic rings. The van der Waals surface area contributed by atoms with Gasteiger partial charge in [-0.15, -0.1) is 10.2 Å². The zero-order valence-corrected chi connectivity index (χ0v) is 12.3. The van der Waals surface area contributed by atoms with Gasteiger partial charge in [0.1, 0.15) is 6.29 Å². The zero-order valence-electron chi connectivity index (χ0n) is 12.3. The van der Waals surface area contributed by atoms with Gasteiger partial charge in [0.2, 0.25) is 5.82 Å². The van der Waals surface area contributed by atoms with Crippen LogP contribution in [0.2, 0.25) is 0 Å². The van der Waals surface area contributed by atoms with Gasteiger partial charge in [0.15, 0.2) is 0 Å². The van der Waals surface area contributed by atoms with Crippen LogP contribution in [0.15, 0.2) is 42.5 Å². The molecule has 0 bridgehead atoms. The lowest BCUT2D eigenvalue weighted by Crippen LogP contribution is -1.90. The topological polar surface area (TPSA) is 71.5 Å². The van der Waals surface area contributed by atoms with Crippen LogP contribution >= 0.6 is 0 Å². The van der Waals surface area contributed by atoms with Crippen molar-refractivity contribution >= 4 is 6.29 Å². The fraction of sp³-hybridized carbons (Fsp3) is 0.176. The maximum atomic E-state index is 10.5. The largest absolute Gasteiger partial charge is 0.303 e. The molecule has 5 nitrogen and oxygen atoms in total. The number of carbonyl (C=O) groups is 1. The summed E-state index contributed by atoms with van der Waals surface area (Å²) >= 11 is 0. The number of carbonyl (C=O) groups excluding carboxylic acids is 1. The van der Waals surface area contributed by atoms with Gasteiger partial charge in [-0.05, 0) is 35.2 Å². The number of nitrogens with zero attached hydrogens (tertiary/aromatic N) is 3. The van der Waals surface area contributed by atoms with E-state index < -0.39 is 0 Å². The number of aldehydes is 1. The Morgan fingerprint density at radius 2 is 1.82 bits per heavy atom. The molecule has 5 heteroatoms. The van der Waals surface area contributed by atoms with Crippen LogP contribution in [-0.4, -0.2) is 26.9 Å². The lowest BCUT2D eigenvalue weighted by Gasteiger charge is -2.08. The summed E-state index contributed by atoms with van der Waals surface area (Å²) in [4.78, 5) is 10.5. The first-order valence-electron chi connectivity index (χ1n) is 7.15. The van der Waals surface area contributed by atoms with Gasteiger partial charge in [-0.25, -0.2) is 0 Å². The molecule has 1 aromatic heterocycles. The van der Waals surface area contributed by atoms with Gasteiger partial charge in [0, 0.05) is 12.0 Å². The number of rotatable bonds is 5. The van der Waals surface area contributed by atoms with Crippen LogP contribution in [0.1, 0.15) is 17.5 Å². The molecule has 110 valence electrons. The standard InChI is InChI=1S/C17H16N4O/c1-12-9-13(3-2-8-22)11-16(10-12)14-4-6-15(7-5-14)17-18-20-21-19-17/h4-11H,2-3H2,1H3,(H,18,19,20,21). The van der Waals surface area contributed by atoms with Gasteiger partial charge in [-0.2, -0.15) is 5.21 Å². The van der Waals surface area contributed by atoms with Crippen LogP contribution in [0.3, 0.4) is 0 Å². The second-order valence-corrected chi connectivity index (χ2v) is 5.23. The molecule has 0 amide bonds. The molecule has 0 atom stereocenters. The van der Waals surface area contributed by atoms with E-state index in [4.69, 9.17) is 0 Å². The summed E-state index contributed by atoms with van der Waals surface area (Å²) < 4.78 is 0. The van der Waals surface area contributed by atoms with Crippen molar-refractivity contribution in [2.75, 3.05) is 0 Å². The highest BCUT2D eigenvalue weighted by Gasteiger charge is 2.05. The third kappa shape index (κ3) is 3.09. The van der Waals surface area contributed by atoms with E-state index in [1.165, 1.54) is 11.1 Å². The SMILES string of the molecule is Cc1cc(CCC=O)cc(-c2ccc(-c3nn[nH]n3)cc2)c1. The molecule has 22 heavy (non-hydrogen) atoms. The summed E-state index contributed by atoms with van der Waals surface area (Å²) in [5, 5.41) is 14.0. The fourth-order valence-electron chi connectivity index (χ4n) is 2.49. The third-order valence-corrected chi connectivity index (χ3v) is 3.51. The highest BCUT2D eigenvalue weighted by molar-refractivity contribution is 5.68. The minimum Gasteiger partial charge on any atom is -0.303 e. The molecule has 0 aliphatic heterocycles. The van der Waals surface area contributed by atoms with Crippen molar-refractivity contribution < 1.29 is 4.79 Å². The van der Waals surface area contributed by atoms with Gasteiger partial charge < -0.3 is 4.79 Å². The minimum atomic E-state index is 0.555. The molecule has 0 fully saturated rings. The second-order valence-electron chi connectivity index (χ2n) is 5.23. The summed E-state index contributed by atoms with van der Waals surface area (Å²) in [6.45, 7) is 2.07. The number of hydrogen-bond donors (Lipinski definition) is 1. The number of benzene rings is 2. The molecule has 0 aliphatic carbocycles. The molecular formula is C17H16N4O. The second kappa shape index (κ2) is 6.30. The molecule has 1 N–H and O–H groups in total. The first-order chi connectivity index (χ1) is 10.8. The van der Waals surface area contributed by atoms with Crippen LogP contribution in [-0.2, 0) is 11.2 Å². The van der Waals surface area contributed by atoms with E-state index in [1.807, 2.05) is 24.3 Å². The summed E-state index contributed by atoms with van der Waals surface area (Å²) in [5.74, 6) is 0.586. The Morgan fingerprint density at radius 3 is 2.50 bits per heavy atom. The Labute approximate surface area is 128 Å². The van der Waals surface area contributed by atoms with Gasteiger partial charge in [0.05, 0.1) is 0 Å². The molecule has 0 radical (unpaired) electrons. The Morgan fingerprint density at radius 1 is 1.05 bits per heavy atom. The lowest BCUT2D eigenvalue weighted by molar-refractivity contribution is -0.107. The molecule has 3 aromatic rings. The van der Waals surface area contributed by atoms with E-state index in [0.29, 0.717) is 12.2 Å². The van der Waals surface area contributed by atoms with Crippen molar-refractivity contribution in [3.05, 3.63) is 53.6 Å². The number of aryl methyl sites for hydroxylation is 2. The molecular weight excluding hydrogens is 276 g/mol. The van der Waals surface area contributed by atoms with Crippen LogP contribution < -0.4 is 0 Å². The van der Waals surface area contributed by atoms with E-state index in [2.05, 4.69) is 45.7 Å². The first-order valence-corrected chi connectivity index (χ1v) is 7.15. The van der Waals surface area contributed by atoms with Crippen molar-refractivity contribution in [1.29, 1.82) is 0 Å². The third-order valence-electron chi connectivity index (χ3n) is 3.51. The quantitative estimate of drug-likeness (QED) is 0.734. The van der Waals surface area contributed by atoms with Crippen LogP contribution in [0.4, 0.5) is 0 Å². The van der Waals surface area contributed by atoms with Crippen LogP contribution in [0, 0.1) is 6.92 Å². The van der Waals surface area contributed by atoms with Crippen LogP contribution in [0.25, 0.3) is 22.5 Å². The fourth-order valence-corrected chi connectivity index (χ4v) is 2.49. The number of hydrogen-bond acceptors (Lipinski definition) is 4. The summed E-state index contributed by atoms with van der Waals surface area (Å²) in [6.07, 6.45) is 2.29. The Bertz CT molecular complexity index is 764.